The Bertz CT molecular complexity index is 1530. The van der Waals surface area contributed by atoms with Crippen LogP contribution in [0, 0.1) is 17.4 Å². The van der Waals surface area contributed by atoms with Gasteiger partial charge in [-0.2, -0.15) is 5.26 Å². The normalized spacial score (nSPS) is 18.6. The molecule has 2 aliphatic heterocycles. The van der Waals surface area contributed by atoms with E-state index in [0.717, 1.165) is 40.5 Å². The molecule has 1 N–H and O–H groups in total. The SMILES string of the molecule is CN1CCc2nc(NC(=O)c3cccc(C4CN(C(=O)OC(C)(C)C)CC4C(=O)N(C#N)c4ccccc4)c3)sc2C1. The average Bonchev–Trinajstić information content (AvgIpc) is 3.57. The number of thiazole rings is 1. The van der Waals surface area contributed by atoms with Crippen LogP contribution in [0.15, 0.2) is 54.6 Å². The largest absolute Gasteiger partial charge is 0.444 e. The zero-order valence-electron chi connectivity index (χ0n) is 24.2. The number of aromatic nitrogens is 1. The molecule has 5 rings (SSSR count). The minimum Gasteiger partial charge on any atom is -0.444 e. The summed E-state index contributed by atoms with van der Waals surface area (Å²) in [5.74, 6) is -1.91. The summed E-state index contributed by atoms with van der Waals surface area (Å²) in [4.78, 5) is 50.7. The van der Waals surface area contributed by atoms with Gasteiger partial charge >= 0.3 is 6.09 Å². The number of benzene rings is 2. The summed E-state index contributed by atoms with van der Waals surface area (Å²) in [6.07, 6.45) is 2.33. The lowest BCUT2D eigenvalue weighted by Crippen LogP contribution is -2.38. The molecule has 0 bridgehead atoms. The Morgan fingerprint density at radius 1 is 1.12 bits per heavy atom. The number of ether oxygens (including phenoxy) is 1. The van der Waals surface area contributed by atoms with Gasteiger partial charge in [-0.3, -0.25) is 14.9 Å². The molecule has 1 fully saturated rings. The molecule has 218 valence electrons. The van der Waals surface area contributed by atoms with Crippen LogP contribution in [0.1, 0.15) is 53.2 Å². The van der Waals surface area contributed by atoms with Crippen LogP contribution in [0.5, 0.6) is 0 Å². The van der Waals surface area contributed by atoms with Gasteiger partial charge < -0.3 is 14.5 Å². The van der Waals surface area contributed by atoms with Gasteiger partial charge in [-0.05, 0) is 57.6 Å². The number of nitrogens with one attached hydrogen (secondary N) is 1. The van der Waals surface area contributed by atoms with Gasteiger partial charge in [-0.25, -0.2) is 14.7 Å². The van der Waals surface area contributed by atoms with Crippen molar-refractivity contribution in [2.75, 3.05) is 36.9 Å². The predicted octanol–water partition coefficient (Wildman–Crippen LogP) is 4.85. The van der Waals surface area contributed by atoms with Crippen molar-refractivity contribution in [3.05, 3.63) is 76.3 Å². The number of nitriles is 1. The summed E-state index contributed by atoms with van der Waals surface area (Å²) in [6, 6.07) is 15.8. The maximum absolute atomic E-state index is 13.8. The Hall–Kier alpha value is -4.27. The number of likely N-dealkylation sites (tertiary alicyclic amines) is 1. The highest BCUT2D eigenvalue weighted by atomic mass is 32.1. The van der Waals surface area contributed by atoms with Crippen LogP contribution >= 0.6 is 11.3 Å². The van der Waals surface area contributed by atoms with E-state index in [-0.39, 0.29) is 19.0 Å². The molecular weight excluding hydrogens is 552 g/mol. The van der Waals surface area contributed by atoms with Gasteiger partial charge in [0.2, 0.25) is 5.91 Å². The number of fused-ring (bicyclic) bond motifs is 1. The van der Waals surface area contributed by atoms with Gasteiger partial charge in [-0.15, -0.1) is 11.3 Å². The van der Waals surface area contributed by atoms with E-state index in [4.69, 9.17) is 4.74 Å². The molecule has 10 nitrogen and oxygen atoms in total. The van der Waals surface area contributed by atoms with Crippen molar-refractivity contribution < 1.29 is 19.1 Å². The molecule has 0 radical (unpaired) electrons. The van der Waals surface area contributed by atoms with E-state index in [2.05, 4.69) is 22.2 Å². The molecule has 42 heavy (non-hydrogen) atoms. The van der Waals surface area contributed by atoms with Crippen molar-refractivity contribution >= 4 is 40.1 Å². The van der Waals surface area contributed by atoms with Crippen LogP contribution in [0.2, 0.25) is 0 Å². The van der Waals surface area contributed by atoms with E-state index >= 15 is 0 Å². The second-order valence-electron chi connectivity index (χ2n) is 11.7. The van der Waals surface area contributed by atoms with Crippen molar-refractivity contribution in [3.63, 3.8) is 0 Å². The zero-order valence-corrected chi connectivity index (χ0v) is 25.0. The van der Waals surface area contributed by atoms with Crippen molar-refractivity contribution in [1.29, 1.82) is 5.26 Å². The molecule has 0 saturated carbocycles. The van der Waals surface area contributed by atoms with E-state index in [0.29, 0.717) is 16.4 Å². The first-order valence-corrected chi connectivity index (χ1v) is 14.7. The first kappa shape index (κ1) is 29.2. The summed E-state index contributed by atoms with van der Waals surface area (Å²) in [5, 5.41) is 13.4. The summed E-state index contributed by atoms with van der Waals surface area (Å²) in [7, 11) is 2.06. The maximum atomic E-state index is 13.8. The van der Waals surface area contributed by atoms with Gasteiger partial charge in [0, 0.05) is 49.0 Å². The Kier molecular flexibility index (Phi) is 8.29. The molecule has 3 amide bonds. The average molecular weight is 587 g/mol. The number of anilines is 2. The van der Waals surface area contributed by atoms with E-state index in [1.807, 2.05) is 18.3 Å². The third-order valence-corrected chi connectivity index (χ3v) is 8.34. The molecule has 0 spiro atoms. The van der Waals surface area contributed by atoms with Crippen molar-refractivity contribution in [2.45, 2.75) is 45.3 Å². The molecule has 2 unspecified atom stereocenters. The number of amides is 3. The lowest BCUT2D eigenvalue weighted by Gasteiger charge is -2.24. The predicted molar refractivity (Wildman–Crippen MR) is 160 cm³/mol. The van der Waals surface area contributed by atoms with Crippen LogP contribution in [0.4, 0.5) is 15.6 Å². The van der Waals surface area contributed by atoms with Gasteiger partial charge in [0.15, 0.2) is 11.3 Å². The highest BCUT2D eigenvalue weighted by Crippen LogP contribution is 2.36. The number of carbonyl (C=O) groups excluding carboxylic acids is 3. The summed E-state index contributed by atoms with van der Waals surface area (Å²) >= 11 is 1.48. The first-order chi connectivity index (χ1) is 20.0. The smallest absolute Gasteiger partial charge is 0.410 e. The summed E-state index contributed by atoms with van der Waals surface area (Å²) in [6.45, 7) is 7.39. The molecule has 1 saturated heterocycles. The highest BCUT2D eigenvalue weighted by molar-refractivity contribution is 7.15. The Morgan fingerprint density at radius 3 is 2.60 bits per heavy atom. The van der Waals surface area contributed by atoms with Crippen LogP contribution in [0.3, 0.4) is 0 Å². The number of hydrogen-bond acceptors (Lipinski definition) is 8. The van der Waals surface area contributed by atoms with Crippen molar-refractivity contribution in [1.82, 2.24) is 14.8 Å². The lowest BCUT2D eigenvalue weighted by molar-refractivity contribution is -0.121. The fourth-order valence-corrected chi connectivity index (χ4v) is 6.38. The second kappa shape index (κ2) is 11.9. The fourth-order valence-electron chi connectivity index (χ4n) is 5.30. The van der Waals surface area contributed by atoms with Gasteiger partial charge in [0.25, 0.3) is 5.91 Å². The van der Waals surface area contributed by atoms with Crippen LogP contribution in [0.25, 0.3) is 0 Å². The monoisotopic (exact) mass is 586 g/mol. The highest BCUT2D eigenvalue weighted by Gasteiger charge is 2.44. The fraction of sp³-hybridized carbons (Fsp3) is 0.387. The van der Waals surface area contributed by atoms with E-state index in [1.54, 1.807) is 63.2 Å². The topological polar surface area (TPSA) is 119 Å². The summed E-state index contributed by atoms with van der Waals surface area (Å²) in [5.41, 5.74) is 1.90. The number of rotatable bonds is 5. The molecule has 2 aromatic carbocycles. The minimum absolute atomic E-state index is 0.0823. The van der Waals surface area contributed by atoms with E-state index in [1.165, 1.54) is 16.2 Å². The molecule has 1 aromatic heterocycles. The van der Waals surface area contributed by atoms with Gasteiger partial charge in [-0.1, -0.05) is 30.3 Å². The molecule has 3 aromatic rings. The standard InChI is InChI=1S/C31H34N6O4S/c1-31(2,3)41-30(40)36-16-23(24(17-36)28(39)37(19-32)22-11-6-5-7-12-22)20-9-8-10-21(15-20)27(38)34-29-33-25-13-14-35(4)18-26(25)42-29/h5-12,15,23-24H,13-14,16-18H2,1-4H3,(H,33,34,38). The molecule has 2 atom stereocenters. The molecule has 2 aliphatic rings. The van der Waals surface area contributed by atoms with Gasteiger partial charge in [0.1, 0.15) is 5.60 Å². The maximum Gasteiger partial charge on any atom is 0.410 e. The third-order valence-electron chi connectivity index (χ3n) is 7.34. The number of carbonyl (C=O) groups is 3. The van der Waals surface area contributed by atoms with Crippen LogP contribution < -0.4 is 10.2 Å². The van der Waals surface area contributed by atoms with Crippen LogP contribution in [-0.4, -0.2) is 65.0 Å². The first-order valence-electron chi connectivity index (χ1n) is 13.9. The minimum atomic E-state index is -0.724. The Balaban J connectivity index is 1.41. The molecule has 11 heteroatoms. The van der Waals surface area contributed by atoms with E-state index in [9.17, 15) is 19.6 Å². The molecular formula is C31H34N6O4S. The lowest BCUT2D eigenvalue weighted by atomic mass is 9.87. The van der Waals surface area contributed by atoms with Gasteiger partial charge in [0.05, 0.1) is 17.3 Å². The Labute approximate surface area is 249 Å². The molecule has 0 aliphatic carbocycles. The number of hydrogen-bond donors (Lipinski definition) is 1. The summed E-state index contributed by atoms with van der Waals surface area (Å²) < 4.78 is 5.60. The van der Waals surface area contributed by atoms with Crippen molar-refractivity contribution in [2.24, 2.45) is 5.92 Å². The van der Waals surface area contributed by atoms with Crippen molar-refractivity contribution in [3.8, 4) is 6.19 Å². The Morgan fingerprint density at radius 2 is 1.88 bits per heavy atom. The molecule has 3 heterocycles. The number of likely N-dealkylation sites (N-methyl/N-ethyl adjacent to an activating group) is 1. The number of para-hydroxylation sites is 1. The second-order valence-corrected chi connectivity index (χ2v) is 12.7. The third kappa shape index (κ3) is 6.45. The quantitative estimate of drug-likeness (QED) is 0.335. The number of nitrogens with zero attached hydrogens (tertiary/aromatic N) is 5. The zero-order chi connectivity index (χ0) is 30.0. The van der Waals surface area contributed by atoms with Crippen LogP contribution in [-0.2, 0) is 22.5 Å². The van der Waals surface area contributed by atoms with E-state index < -0.39 is 29.4 Å².